The highest BCUT2D eigenvalue weighted by Crippen LogP contribution is 2.23. The van der Waals surface area contributed by atoms with Gasteiger partial charge >= 0.3 is 0 Å². The Morgan fingerprint density at radius 3 is 2.22 bits per heavy atom. The summed E-state index contributed by atoms with van der Waals surface area (Å²) >= 11 is 1.67. The standard InChI is InChI=1S/C11H14F4N2S/c1-3-18-5-4-6(2)16-9-7(12)10(14)17-11(15)8(9)13/h6H,3-5H2,1-2H3,(H,16,17). The van der Waals surface area contributed by atoms with Gasteiger partial charge < -0.3 is 5.32 Å². The molecule has 1 heterocycles. The van der Waals surface area contributed by atoms with Gasteiger partial charge in [0.05, 0.1) is 0 Å². The van der Waals surface area contributed by atoms with Crippen molar-refractivity contribution in [3.05, 3.63) is 23.5 Å². The van der Waals surface area contributed by atoms with Crippen LogP contribution in [0.25, 0.3) is 0 Å². The predicted octanol–water partition coefficient (Wildman–Crippen LogP) is 3.58. The lowest BCUT2D eigenvalue weighted by Gasteiger charge is -2.16. The zero-order valence-corrected chi connectivity index (χ0v) is 10.9. The minimum absolute atomic E-state index is 0.297. The summed E-state index contributed by atoms with van der Waals surface area (Å²) in [4.78, 5) is 2.49. The average molecular weight is 282 g/mol. The number of nitrogens with zero attached hydrogens (tertiary/aromatic N) is 1. The molecule has 0 aromatic carbocycles. The second-order valence-corrected chi connectivity index (χ2v) is 5.12. The molecule has 1 atom stereocenters. The summed E-state index contributed by atoms with van der Waals surface area (Å²) in [6, 6.07) is -0.297. The maximum Gasteiger partial charge on any atom is 0.253 e. The topological polar surface area (TPSA) is 24.9 Å². The van der Waals surface area contributed by atoms with E-state index in [0.29, 0.717) is 6.42 Å². The van der Waals surface area contributed by atoms with Crippen molar-refractivity contribution in [3.63, 3.8) is 0 Å². The first-order valence-electron chi connectivity index (χ1n) is 5.51. The predicted molar refractivity (Wildman–Crippen MR) is 64.8 cm³/mol. The normalized spacial score (nSPS) is 12.6. The van der Waals surface area contributed by atoms with Crippen LogP contribution >= 0.6 is 11.8 Å². The third-order valence-corrected chi connectivity index (χ3v) is 3.22. The minimum atomic E-state index is -1.65. The van der Waals surface area contributed by atoms with Crippen LogP contribution in [0.4, 0.5) is 23.2 Å². The SMILES string of the molecule is CCSCCC(C)Nc1c(F)c(F)nc(F)c1F. The highest BCUT2D eigenvalue weighted by molar-refractivity contribution is 7.99. The number of thioether (sulfide) groups is 1. The van der Waals surface area contributed by atoms with E-state index in [1.165, 1.54) is 0 Å². The van der Waals surface area contributed by atoms with E-state index in [2.05, 4.69) is 10.3 Å². The minimum Gasteiger partial charge on any atom is -0.378 e. The number of rotatable bonds is 6. The van der Waals surface area contributed by atoms with Gasteiger partial charge in [-0.15, -0.1) is 0 Å². The molecule has 1 aromatic heterocycles. The molecule has 0 aliphatic rings. The molecule has 7 heteroatoms. The third-order valence-electron chi connectivity index (χ3n) is 2.29. The summed E-state index contributed by atoms with van der Waals surface area (Å²) in [5.74, 6) is -4.55. The summed E-state index contributed by atoms with van der Waals surface area (Å²) in [7, 11) is 0. The molecule has 0 aliphatic heterocycles. The number of hydrogen-bond donors (Lipinski definition) is 1. The molecule has 0 amide bonds. The number of hydrogen-bond acceptors (Lipinski definition) is 3. The fourth-order valence-electron chi connectivity index (χ4n) is 1.34. The van der Waals surface area contributed by atoms with Gasteiger partial charge in [-0.1, -0.05) is 6.92 Å². The van der Waals surface area contributed by atoms with Crippen molar-refractivity contribution in [3.8, 4) is 0 Å². The van der Waals surface area contributed by atoms with Crippen LogP contribution in [-0.2, 0) is 0 Å². The summed E-state index contributed by atoms with van der Waals surface area (Å²) in [5, 5.41) is 2.44. The van der Waals surface area contributed by atoms with Crippen molar-refractivity contribution >= 4 is 17.4 Å². The van der Waals surface area contributed by atoms with Crippen LogP contribution in [0, 0.1) is 23.5 Å². The highest BCUT2D eigenvalue weighted by atomic mass is 32.2. The van der Waals surface area contributed by atoms with Crippen LogP contribution in [0.15, 0.2) is 0 Å². The van der Waals surface area contributed by atoms with Crippen molar-refractivity contribution in [2.75, 3.05) is 16.8 Å². The summed E-state index contributed by atoms with van der Waals surface area (Å²) in [5.41, 5.74) is -0.797. The Labute approximate surface area is 107 Å². The lowest BCUT2D eigenvalue weighted by Crippen LogP contribution is -2.19. The van der Waals surface area contributed by atoms with E-state index >= 15 is 0 Å². The Balaban J connectivity index is 2.77. The maximum atomic E-state index is 13.3. The Bertz CT molecular complexity index is 388. The first-order valence-corrected chi connectivity index (χ1v) is 6.67. The molecule has 0 bridgehead atoms. The van der Waals surface area contributed by atoms with Gasteiger partial charge in [0.2, 0.25) is 11.6 Å². The Kier molecular flexibility index (Phi) is 5.71. The van der Waals surface area contributed by atoms with Crippen molar-refractivity contribution in [1.29, 1.82) is 0 Å². The quantitative estimate of drug-likeness (QED) is 0.490. The molecule has 1 unspecified atom stereocenters. The summed E-state index contributed by atoms with van der Waals surface area (Å²) < 4.78 is 52.2. The molecule has 18 heavy (non-hydrogen) atoms. The van der Waals surface area contributed by atoms with E-state index in [-0.39, 0.29) is 6.04 Å². The van der Waals surface area contributed by atoms with E-state index < -0.39 is 29.2 Å². The van der Waals surface area contributed by atoms with Crippen molar-refractivity contribution in [2.45, 2.75) is 26.3 Å². The van der Waals surface area contributed by atoms with Crippen LogP contribution in [0.3, 0.4) is 0 Å². The molecule has 1 aromatic rings. The van der Waals surface area contributed by atoms with Crippen molar-refractivity contribution < 1.29 is 17.6 Å². The molecule has 102 valence electrons. The molecule has 1 N–H and O–H groups in total. The zero-order valence-electron chi connectivity index (χ0n) is 10.1. The molecule has 0 saturated carbocycles. The monoisotopic (exact) mass is 282 g/mol. The Hall–Kier alpha value is -0.980. The van der Waals surface area contributed by atoms with Crippen LogP contribution in [0.1, 0.15) is 20.3 Å². The maximum absolute atomic E-state index is 13.3. The van der Waals surface area contributed by atoms with Crippen LogP contribution < -0.4 is 5.32 Å². The molecule has 0 aliphatic carbocycles. The fraction of sp³-hybridized carbons (Fsp3) is 0.545. The number of pyridine rings is 1. The molecule has 1 rings (SSSR count). The van der Waals surface area contributed by atoms with Gasteiger partial charge in [-0.2, -0.15) is 34.3 Å². The van der Waals surface area contributed by atoms with E-state index in [1.54, 1.807) is 18.7 Å². The number of anilines is 1. The summed E-state index contributed by atoms with van der Waals surface area (Å²) in [6.45, 7) is 3.68. The zero-order chi connectivity index (χ0) is 13.7. The number of nitrogens with one attached hydrogen (secondary N) is 1. The highest BCUT2D eigenvalue weighted by Gasteiger charge is 2.21. The van der Waals surface area contributed by atoms with Crippen LogP contribution in [-0.4, -0.2) is 22.5 Å². The molecule has 0 spiro atoms. The van der Waals surface area contributed by atoms with Gasteiger partial charge in [-0.05, 0) is 24.9 Å². The van der Waals surface area contributed by atoms with Gasteiger partial charge in [0.1, 0.15) is 5.69 Å². The first-order chi connectivity index (χ1) is 8.47. The molecule has 0 fully saturated rings. The third kappa shape index (κ3) is 3.76. The van der Waals surface area contributed by atoms with E-state index in [4.69, 9.17) is 0 Å². The van der Waals surface area contributed by atoms with Crippen molar-refractivity contribution in [2.24, 2.45) is 0 Å². The van der Waals surface area contributed by atoms with E-state index in [0.717, 1.165) is 11.5 Å². The second-order valence-electron chi connectivity index (χ2n) is 3.73. The van der Waals surface area contributed by atoms with Gasteiger partial charge in [-0.3, -0.25) is 0 Å². The lowest BCUT2D eigenvalue weighted by atomic mass is 10.2. The van der Waals surface area contributed by atoms with Gasteiger partial charge in [0.15, 0.2) is 0 Å². The van der Waals surface area contributed by atoms with Gasteiger partial charge in [0, 0.05) is 6.04 Å². The fourth-order valence-corrected chi connectivity index (χ4v) is 2.15. The Morgan fingerprint density at radius 1 is 1.17 bits per heavy atom. The Morgan fingerprint density at radius 2 is 1.72 bits per heavy atom. The molecule has 0 saturated heterocycles. The van der Waals surface area contributed by atoms with Crippen LogP contribution in [0.5, 0.6) is 0 Å². The van der Waals surface area contributed by atoms with E-state index in [9.17, 15) is 17.6 Å². The van der Waals surface area contributed by atoms with E-state index in [1.807, 2.05) is 6.92 Å². The largest absolute Gasteiger partial charge is 0.378 e. The lowest BCUT2D eigenvalue weighted by molar-refractivity contribution is 0.409. The first kappa shape index (κ1) is 15.1. The van der Waals surface area contributed by atoms with Gasteiger partial charge in [0.25, 0.3) is 11.9 Å². The number of halogens is 4. The molecular formula is C11H14F4N2S. The molecular weight excluding hydrogens is 268 g/mol. The molecule has 0 radical (unpaired) electrons. The molecule has 2 nitrogen and oxygen atoms in total. The van der Waals surface area contributed by atoms with Gasteiger partial charge in [-0.25, -0.2) is 0 Å². The van der Waals surface area contributed by atoms with Crippen LogP contribution in [0.2, 0.25) is 0 Å². The van der Waals surface area contributed by atoms with Crippen molar-refractivity contribution in [1.82, 2.24) is 4.98 Å². The second kappa shape index (κ2) is 6.82. The summed E-state index contributed by atoms with van der Waals surface area (Å²) in [6.07, 6.45) is 0.628. The average Bonchev–Trinajstić information content (AvgIpc) is 2.32. The number of aromatic nitrogens is 1. The smallest absolute Gasteiger partial charge is 0.253 e.